The number of urea groups is 1. The molecule has 116 valence electrons. The Labute approximate surface area is 128 Å². The summed E-state index contributed by atoms with van der Waals surface area (Å²) in [6.07, 6.45) is 6.82. The van der Waals surface area contributed by atoms with Gasteiger partial charge in [-0.25, -0.2) is 14.2 Å². The van der Waals surface area contributed by atoms with Crippen LogP contribution in [0.1, 0.15) is 24.4 Å². The molecule has 1 fully saturated rings. The fraction of sp³-hybridized carbons (Fsp3) is 0.400. The number of nitrogens with one attached hydrogen (secondary N) is 1. The minimum atomic E-state index is -0.426. The van der Waals surface area contributed by atoms with E-state index in [-0.39, 0.29) is 12.1 Å². The van der Waals surface area contributed by atoms with Gasteiger partial charge in [0.1, 0.15) is 11.6 Å². The van der Waals surface area contributed by atoms with Crippen LogP contribution in [0.5, 0.6) is 0 Å². The number of aryl methyl sites for hydroxylation is 1. The highest BCUT2D eigenvalue weighted by Gasteiger charge is 2.25. The van der Waals surface area contributed by atoms with Crippen LogP contribution >= 0.6 is 0 Å². The molecule has 2 aromatic rings. The van der Waals surface area contributed by atoms with Crippen molar-refractivity contribution in [2.75, 3.05) is 18.4 Å². The van der Waals surface area contributed by atoms with Crippen molar-refractivity contribution >= 4 is 11.8 Å². The summed E-state index contributed by atoms with van der Waals surface area (Å²) >= 11 is 0. The topological polar surface area (TPSA) is 63.1 Å². The van der Waals surface area contributed by atoms with E-state index in [4.69, 9.17) is 0 Å². The summed E-state index contributed by atoms with van der Waals surface area (Å²) < 4.78 is 14.7. The lowest BCUT2D eigenvalue weighted by Crippen LogP contribution is -2.43. The molecule has 1 aliphatic heterocycles. The molecule has 2 amide bonds. The number of aromatic nitrogens is 3. The molecule has 0 saturated carbocycles. The van der Waals surface area contributed by atoms with Crippen molar-refractivity contribution < 1.29 is 9.18 Å². The summed E-state index contributed by atoms with van der Waals surface area (Å²) in [5.74, 6) is -0.0754. The smallest absolute Gasteiger partial charge is 0.322 e. The third-order valence-corrected chi connectivity index (χ3v) is 3.75. The Balaban J connectivity index is 1.63. The van der Waals surface area contributed by atoms with Crippen LogP contribution in [0.2, 0.25) is 0 Å². The summed E-state index contributed by atoms with van der Waals surface area (Å²) in [4.78, 5) is 17.9. The predicted octanol–water partition coefficient (Wildman–Crippen LogP) is 2.59. The van der Waals surface area contributed by atoms with Crippen molar-refractivity contribution in [3.63, 3.8) is 0 Å². The van der Waals surface area contributed by atoms with E-state index in [1.54, 1.807) is 4.90 Å². The first-order valence-corrected chi connectivity index (χ1v) is 7.30. The molecule has 3 rings (SSSR count). The van der Waals surface area contributed by atoms with Gasteiger partial charge in [-0.1, -0.05) is 0 Å². The van der Waals surface area contributed by atoms with E-state index in [1.165, 1.54) is 12.1 Å². The average Bonchev–Trinajstić information content (AvgIpc) is 2.96. The first-order chi connectivity index (χ1) is 10.6. The van der Waals surface area contributed by atoms with Crippen molar-refractivity contribution in [1.29, 1.82) is 0 Å². The van der Waals surface area contributed by atoms with Gasteiger partial charge in [-0.2, -0.15) is 5.10 Å². The lowest BCUT2D eigenvalue weighted by atomic mass is 10.1. The first kappa shape index (κ1) is 14.5. The Hall–Kier alpha value is -2.44. The number of carbonyl (C=O) groups is 1. The van der Waals surface area contributed by atoms with Gasteiger partial charge in [0, 0.05) is 19.3 Å². The van der Waals surface area contributed by atoms with Crippen LogP contribution in [0.4, 0.5) is 15.0 Å². The number of likely N-dealkylation sites (tertiary alicyclic amines) is 1. The monoisotopic (exact) mass is 303 g/mol. The number of carbonyl (C=O) groups excluding carboxylic acids is 1. The molecule has 22 heavy (non-hydrogen) atoms. The normalized spacial score (nSPS) is 18.3. The summed E-state index contributed by atoms with van der Waals surface area (Å²) in [5, 5.41) is 7.03. The maximum absolute atomic E-state index is 12.8. The second kappa shape index (κ2) is 6.13. The fourth-order valence-electron chi connectivity index (χ4n) is 2.63. The summed E-state index contributed by atoms with van der Waals surface area (Å²) in [5.41, 5.74) is 1.11. The number of pyridine rings is 1. The van der Waals surface area contributed by atoms with Crippen molar-refractivity contribution in [1.82, 2.24) is 19.7 Å². The molecule has 0 bridgehead atoms. The van der Waals surface area contributed by atoms with Crippen LogP contribution in [0.15, 0.2) is 30.7 Å². The minimum absolute atomic E-state index is 0.189. The number of halogens is 1. The lowest BCUT2D eigenvalue weighted by Gasteiger charge is -2.32. The standard InChI is InChI=1S/C15H18FN5O/c1-11-7-18-21(9-11)13-3-2-6-20(10-13)15(22)19-14-5-4-12(16)8-17-14/h4-5,7-9,13H,2-3,6,10H2,1H3,(H,17,19,22)/t13-/m0/s1. The van der Waals surface area contributed by atoms with Crippen molar-refractivity contribution in [3.05, 3.63) is 42.1 Å². The average molecular weight is 303 g/mol. The van der Waals surface area contributed by atoms with Crippen LogP contribution < -0.4 is 5.32 Å². The van der Waals surface area contributed by atoms with Gasteiger partial charge in [0.25, 0.3) is 0 Å². The molecule has 6 nitrogen and oxygen atoms in total. The fourth-order valence-corrected chi connectivity index (χ4v) is 2.63. The predicted molar refractivity (Wildman–Crippen MR) is 80.0 cm³/mol. The maximum atomic E-state index is 12.8. The molecule has 0 aromatic carbocycles. The van der Waals surface area contributed by atoms with E-state index in [0.29, 0.717) is 18.9 Å². The first-order valence-electron chi connectivity index (χ1n) is 7.30. The second-order valence-electron chi connectivity index (χ2n) is 5.53. The molecule has 2 aromatic heterocycles. The highest BCUT2D eigenvalue weighted by molar-refractivity contribution is 5.88. The number of rotatable bonds is 2. The molecule has 0 spiro atoms. The Morgan fingerprint density at radius 1 is 1.41 bits per heavy atom. The third-order valence-electron chi connectivity index (χ3n) is 3.75. The zero-order valence-corrected chi connectivity index (χ0v) is 12.4. The van der Waals surface area contributed by atoms with E-state index in [2.05, 4.69) is 15.4 Å². The Morgan fingerprint density at radius 2 is 2.27 bits per heavy atom. The van der Waals surface area contributed by atoms with Gasteiger partial charge in [-0.05, 0) is 37.5 Å². The SMILES string of the molecule is Cc1cnn([C@H]2CCCN(C(=O)Nc3ccc(F)cn3)C2)c1. The molecule has 1 atom stereocenters. The van der Waals surface area contributed by atoms with Gasteiger partial charge in [0.15, 0.2) is 0 Å². The molecule has 3 heterocycles. The molecule has 1 aliphatic rings. The molecule has 0 radical (unpaired) electrons. The van der Waals surface area contributed by atoms with Gasteiger partial charge in [0.2, 0.25) is 0 Å². The number of nitrogens with zero attached hydrogens (tertiary/aromatic N) is 4. The number of hydrogen-bond donors (Lipinski definition) is 1. The summed E-state index contributed by atoms with van der Waals surface area (Å²) in [7, 11) is 0. The van der Waals surface area contributed by atoms with Crippen LogP contribution in [-0.4, -0.2) is 38.8 Å². The van der Waals surface area contributed by atoms with Gasteiger partial charge >= 0.3 is 6.03 Å². The second-order valence-corrected chi connectivity index (χ2v) is 5.53. The van der Waals surface area contributed by atoms with Crippen LogP contribution in [0, 0.1) is 12.7 Å². The highest BCUT2D eigenvalue weighted by atomic mass is 19.1. The highest BCUT2D eigenvalue weighted by Crippen LogP contribution is 2.21. The van der Waals surface area contributed by atoms with Crippen molar-refractivity contribution in [3.8, 4) is 0 Å². The van der Waals surface area contributed by atoms with Crippen LogP contribution in [0.3, 0.4) is 0 Å². The zero-order chi connectivity index (χ0) is 15.5. The van der Waals surface area contributed by atoms with Crippen LogP contribution in [-0.2, 0) is 0 Å². The molecule has 1 saturated heterocycles. The molecule has 1 N–H and O–H groups in total. The van der Waals surface area contributed by atoms with Crippen molar-refractivity contribution in [2.24, 2.45) is 0 Å². The molecule has 7 heteroatoms. The van der Waals surface area contributed by atoms with E-state index < -0.39 is 5.82 Å². The summed E-state index contributed by atoms with van der Waals surface area (Å²) in [6.45, 7) is 3.30. The lowest BCUT2D eigenvalue weighted by molar-refractivity contribution is 0.174. The minimum Gasteiger partial charge on any atom is -0.322 e. The number of anilines is 1. The van der Waals surface area contributed by atoms with E-state index in [0.717, 1.165) is 24.6 Å². The molecule has 0 unspecified atom stereocenters. The maximum Gasteiger partial charge on any atom is 0.323 e. The largest absolute Gasteiger partial charge is 0.323 e. The Morgan fingerprint density at radius 3 is 2.95 bits per heavy atom. The molecular weight excluding hydrogens is 285 g/mol. The van der Waals surface area contributed by atoms with Crippen molar-refractivity contribution in [2.45, 2.75) is 25.8 Å². The van der Waals surface area contributed by atoms with Gasteiger partial charge < -0.3 is 4.90 Å². The van der Waals surface area contributed by atoms with Gasteiger partial charge in [0.05, 0.1) is 18.4 Å². The van der Waals surface area contributed by atoms with Gasteiger partial charge in [-0.15, -0.1) is 0 Å². The Bertz CT molecular complexity index is 654. The number of amides is 2. The Kier molecular flexibility index (Phi) is 4.04. The number of piperidine rings is 1. The third kappa shape index (κ3) is 3.24. The van der Waals surface area contributed by atoms with E-state index in [9.17, 15) is 9.18 Å². The van der Waals surface area contributed by atoms with E-state index in [1.807, 2.05) is 24.0 Å². The van der Waals surface area contributed by atoms with E-state index >= 15 is 0 Å². The molecule has 0 aliphatic carbocycles. The quantitative estimate of drug-likeness (QED) is 0.927. The van der Waals surface area contributed by atoms with Gasteiger partial charge in [-0.3, -0.25) is 10.00 Å². The number of hydrogen-bond acceptors (Lipinski definition) is 3. The molecular formula is C15H18FN5O. The van der Waals surface area contributed by atoms with Crippen LogP contribution in [0.25, 0.3) is 0 Å². The summed E-state index contributed by atoms with van der Waals surface area (Å²) in [6, 6.07) is 2.70. The zero-order valence-electron chi connectivity index (χ0n) is 12.4.